The van der Waals surface area contributed by atoms with Crippen molar-refractivity contribution in [3.8, 4) is 0 Å². The van der Waals surface area contributed by atoms with Crippen molar-refractivity contribution >= 4 is 17.1 Å². The number of hydrogen-bond acceptors (Lipinski definition) is 3. The van der Waals surface area contributed by atoms with Crippen molar-refractivity contribution in [2.24, 2.45) is 0 Å². The Hall–Kier alpha value is -0.670. The molecule has 3 heteroatoms. The van der Waals surface area contributed by atoms with Gasteiger partial charge in [-0.2, -0.15) is 0 Å². The standard InChI is InChI=1S/C12H18O2S/c1-5-12(4,14-6-2)11(13)10-9(3)7-8-15-10/h7-8H,5-6H2,1-4H3. The van der Waals surface area contributed by atoms with Gasteiger partial charge in [-0.25, -0.2) is 0 Å². The van der Waals surface area contributed by atoms with Gasteiger partial charge in [0.25, 0.3) is 0 Å². The molecule has 0 N–H and O–H groups in total. The first kappa shape index (κ1) is 12.4. The maximum atomic E-state index is 12.3. The van der Waals surface area contributed by atoms with Crippen LogP contribution in [0.25, 0.3) is 0 Å². The first-order chi connectivity index (χ1) is 7.05. The van der Waals surface area contributed by atoms with Gasteiger partial charge in [-0.3, -0.25) is 4.79 Å². The topological polar surface area (TPSA) is 26.3 Å². The minimum atomic E-state index is -0.662. The average Bonchev–Trinajstić information content (AvgIpc) is 2.63. The number of rotatable bonds is 5. The van der Waals surface area contributed by atoms with Gasteiger partial charge in [0.1, 0.15) is 5.60 Å². The molecule has 1 aromatic heterocycles. The third-order valence-electron chi connectivity index (χ3n) is 2.69. The van der Waals surface area contributed by atoms with E-state index in [9.17, 15) is 4.79 Å². The molecule has 1 rings (SSSR count). The summed E-state index contributed by atoms with van der Waals surface area (Å²) in [5.41, 5.74) is 0.383. The molecule has 1 atom stereocenters. The molecular weight excluding hydrogens is 208 g/mol. The molecule has 1 heterocycles. The van der Waals surface area contributed by atoms with Gasteiger partial charge in [-0.15, -0.1) is 11.3 Å². The molecule has 0 saturated carbocycles. The Labute approximate surface area is 95.3 Å². The van der Waals surface area contributed by atoms with Crippen LogP contribution in [0.2, 0.25) is 0 Å². The minimum absolute atomic E-state index is 0.111. The van der Waals surface area contributed by atoms with E-state index in [1.807, 2.05) is 39.1 Å². The quantitative estimate of drug-likeness (QED) is 0.719. The van der Waals surface area contributed by atoms with Crippen LogP contribution in [0.5, 0.6) is 0 Å². The maximum Gasteiger partial charge on any atom is 0.204 e. The van der Waals surface area contributed by atoms with Crippen molar-refractivity contribution in [2.75, 3.05) is 6.61 Å². The molecule has 2 nitrogen and oxygen atoms in total. The molecule has 0 aliphatic carbocycles. The van der Waals surface area contributed by atoms with Crippen molar-refractivity contribution < 1.29 is 9.53 Å². The smallest absolute Gasteiger partial charge is 0.204 e. The van der Waals surface area contributed by atoms with E-state index in [0.29, 0.717) is 13.0 Å². The predicted molar refractivity (Wildman–Crippen MR) is 63.7 cm³/mol. The summed E-state index contributed by atoms with van der Waals surface area (Å²) < 4.78 is 5.58. The average molecular weight is 226 g/mol. The highest BCUT2D eigenvalue weighted by molar-refractivity contribution is 7.12. The summed E-state index contributed by atoms with van der Waals surface area (Å²) >= 11 is 1.50. The Morgan fingerprint density at radius 1 is 1.53 bits per heavy atom. The lowest BCUT2D eigenvalue weighted by Gasteiger charge is -2.26. The fourth-order valence-electron chi connectivity index (χ4n) is 1.49. The van der Waals surface area contributed by atoms with Gasteiger partial charge in [0.05, 0.1) is 4.88 Å². The largest absolute Gasteiger partial charge is 0.367 e. The molecular formula is C12H18O2S. The molecule has 15 heavy (non-hydrogen) atoms. The summed E-state index contributed by atoms with van der Waals surface area (Å²) in [6.45, 7) is 8.31. The summed E-state index contributed by atoms with van der Waals surface area (Å²) in [6, 6.07) is 1.97. The van der Waals surface area contributed by atoms with E-state index in [4.69, 9.17) is 4.74 Å². The van der Waals surface area contributed by atoms with Crippen LogP contribution in [0.1, 0.15) is 42.4 Å². The first-order valence-corrected chi connectivity index (χ1v) is 6.16. The van der Waals surface area contributed by atoms with Crippen LogP contribution in [0.3, 0.4) is 0 Å². The van der Waals surface area contributed by atoms with E-state index in [1.54, 1.807) is 0 Å². The van der Waals surface area contributed by atoms with Crippen LogP contribution in [-0.4, -0.2) is 18.0 Å². The first-order valence-electron chi connectivity index (χ1n) is 5.28. The molecule has 0 aromatic carbocycles. The molecule has 0 bridgehead atoms. The highest BCUT2D eigenvalue weighted by atomic mass is 32.1. The second-order valence-corrected chi connectivity index (χ2v) is 4.70. The predicted octanol–water partition coefficient (Wildman–Crippen LogP) is 3.44. The van der Waals surface area contributed by atoms with Crippen molar-refractivity contribution in [3.63, 3.8) is 0 Å². The normalized spacial score (nSPS) is 14.9. The van der Waals surface area contributed by atoms with Gasteiger partial charge in [0.2, 0.25) is 5.78 Å². The van der Waals surface area contributed by atoms with Crippen LogP contribution in [0.4, 0.5) is 0 Å². The molecule has 0 fully saturated rings. The van der Waals surface area contributed by atoms with Crippen molar-refractivity contribution in [1.82, 2.24) is 0 Å². The molecule has 0 amide bonds. The molecule has 0 aliphatic heterocycles. The number of hydrogen-bond donors (Lipinski definition) is 0. The fourth-order valence-corrected chi connectivity index (χ4v) is 2.48. The number of ketones is 1. The second kappa shape index (κ2) is 4.90. The Bertz CT molecular complexity index is 343. The lowest BCUT2D eigenvalue weighted by atomic mass is 9.95. The highest BCUT2D eigenvalue weighted by Crippen LogP contribution is 2.26. The van der Waals surface area contributed by atoms with E-state index in [0.717, 1.165) is 10.4 Å². The maximum absolute atomic E-state index is 12.3. The number of carbonyl (C=O) groups excluding carboxylic acids is 1. The van der Waals surface area contributed by atoms with E-state index >= 15 is 0 Å². The molecule has 0 aliphatic rings. The van der Waals surface area contributed by atoms with Gasteiger partial charge in [-0.1, -0.05) is 6.92 Å². The third-order valence-corrected chi connectivity index (χ3v) is 3.70. The summed E-state index contributed by atoms with van der Waals surface area (Å²) in [7, 11) is 0. The number of aryl methyl sites for hydroxylation is 1. The Morgan fingerprint density at radius 3 is 2.60 bits per heavy atom. The summed E-state index contributed by atoms with van der Waals surface area (Å²) in [4.78, 5) is 13.1. The zero-order valence-corrected chi connectivity index (χ0v) is 10.6. The Morgan fingerprint density at radius 2 is 2.20 bits per heavy atom. The Kier molecular flexibility index (Phi) is 4.05. The monoisotopic (exact) mass is 226 g/mol. The van der Waals surface area contributed by atoms with Crippen molar-refractivity contribution in [3.05, 3.63) is 21.9 Å². The van der Waals surface area contributed by atoms with Crippen LogP contribution >= 0.6 is 11.3 Å². The molecule has 1 aromatic rings. The number of thiophene rings is 1. The van der Waals surface area contributed by atoms with Crippen LogP contribution in [0.15, 0.2) is 11.4 Å². The van der Waals surface area contributed by atoms with Gasteiger partial charge >= 0.3 is 0 Å². The van der Waals surface area contributed by atoms with Gasteiger partial charge in [0.15, 0.2) is 0 Å². The molecule has 0 radical (unpaired) electrons. The van der Waals surface area contributed by atoms with E-state index in [1.165, 1.54) is 11.3 Å². The van der Waals surface area contributed by atoms with Gasteiger partial charge in [0, 0.05) is 6.61 Å². The minimum Gasteiger partial charge on any atom is -0.367 e. The summed E-state index contributed by atoms with van der Waals surface area (Å²) in [5.74, 6) is 0.111. The van der Waals surface area contributed by atoms with Gasteiger partial charge < -0.3 is 4.74 Å². The van der Waals surface area contributed by atoms with Crippen LogP contribution in [0, 0.1) is 6.92 Å². The molecule has 84 valence electrons. The van der Waals surface area contributed by atoms with E-state index in [-0.39, 0.29) is 5.78 Å². The molecule has 0 saturated heterocycles. The third kappa shape index (κ3) is 2.47. The SMILES string of the molecule is CCOC(C)(CC)C(=O)c1sccc1C. The van der Waals surface area contributed by atoms with Crippen LogP contribution in [-0.2, 0) is 4.74 Å². The number of Topliss-reactive ketones (excluding diaryl/α,β-unsaturated/α-hetero) is 1. The van der Waals surface area contributed by atoms with Crippen molar-refractivity contribution in [2.45, 2.75) is 39.7 Å². The fraction of sp³-hybridized carbons (Fsp3) is 0.583. The van der Waals surface area contributed by atoms with E-state index < -0.39 is 5.60 Å². The second-order valence-electron chi connectivity index (χ2n) is 3.78. The van der Waals surface area contributed by atoms with E-state index in [2.05, 4.69) is 0 Å². The highest BCUT2D eigenvalue weighted by Gasteiger charge is 2.34. The lowest BCUT2D eigenvalue weighted by molar-refractivity contribution is -0.0113. The van der Waals surface area contributed by atoms with Crippen LogP contribution < -0.4 is 0 Å². The summed E-state index contributed by atoms with van der Waals surface area (Å²) in [5, 5.41) is 1.95. The number of carbonyl (C=O) groups is 1. The lowest BCUT2D eigenvalue weighted by Crippen LogP contribution is -2.37. The Balaban J connectivity index is 2.96. The van der Waals surface area contributed by atoms with Crippen molar-refractivity contribution in [1.29, 1.82) is 0 Å². The molecule has 1 unspecified atom stereocenters. The zero-order chi connectivity index (χ0) is 11.5. The number of ether oxygens (including phenoxy) is 1. The van der Waals surface area contributed by atoms with Gasteiger partial charge in [-0.05, 0) is 44.2 Å². The molecule has 0 spiro atoms. The zero-order valence-electron chi connectivity index (χ0n) is 9.79. The summed E-state index contributed by atoms with van der Waals surface area (Å²) in [6.07, 6.45) is 0.705.